The molecule has 1 amide bonds. The van der Waals surface area contributed by atoms with Crippen molar-refractivity contribution < 1.29 is 22.7 Å². The third kappa shape index (κ3) is 5.63. The summed E-state index contributed by atoms with van der Waals surface area (Å²) in [5.74, 6) is 0.549. The zero-order chi connectivity index (χ0) is 26.5. The largest absolute Gasteiger partial charge is 0.497 e. The van der Waals surface area contributed by atoms with Crippen molar-refractivity contribution in [2.24, 2.45) is 0 Å². The predicted octanol–water partition coefficient (Wildman–Crippen LogP) is 3.95. The van der Waals surface area contributed by atoms with E-state index in [9.17, 15) is 13.2 Å². The fraction of sp³-hybridized carbons (Fsp3) is 0.345. The highest BCUT2D eigenvalue weighted by molar-refractivity contribution is 7.92. The van der Waals surface area contributed by atoms with E-state index in [0.717, 1.165) is 25.2 Å². The van der Waals surface area contributed by atoms with Gasteiger partial charge in [0.15, 0.2) is 6.10 Å². The van der Waals surface area contributed by atoms with Gasteiger partial charge in [0.25, 0.3) is 15.9 Å². The molecule has 3 aromatic rings. The van der Waals surface area contributed by atoms with Crippen LogP contribution in [0.5, 0.6) is 11.5 Å². The number of nitrogens with zero attached hydrogens (tertiary/aromatic N) is 2. The second-order valence-corrected chi connectivity index (χ2v) is 11.5. The molecule has 8 nitrogen and oxygen atoms in total. The molecule has 0 aromatic heterocycles. The fourth-order valence-electron chi connectivity index (χ4n) is 4.98. The molecule has 200 valence electrons. The minimum atomic E-state index is -3.94. The fourth-order valence-corrected chi connectivity index (χ4v) is 6.46. The minimum absolute atomic E-state index is 0.112. The van der Waals surface area contributed by atoms with E-state index in [4.69, 9.17) is 9.47 Å². The molecule has 1 fully saturated rings. The number of sulfonamides is 1. The highest BCUT2D eigenvalue weighted by Crippen LogP contribution is 2.37. The summed E-state index contributed by atoms with van der Waals surface area (Å²) < 4.78 is 39.6. The topological polar surface area (TPSA) is 88.2 Å². The Labute approximate surface area is 224 Å². The number of fused-ring (bicyclic) bond motifs is 1. The van der Waals surface area contributed by atoms with Crippen LogP contribution in [-0.4, -0.2) is 52.1 Å². The normalized spacial score (nSPS) is 17.8. The molecule has 2 heterocycles. The van der Waals surface area contributed by atoms with Gasteiger partial charge in [-0.2, -0.15) is 0 Å². The zero-order valence-electron chi connectivity index (χ0n) is 21.5. The van der Waals surface area contributed by atoms with Crippen LogP contribution in [0.2, 0.25) is 0 Å². The first-order chi connectivity index (χ1) is 18.5. The Morgan fingerprint density at radius 1 is 0.947 bits per heavy atom. The molecule has 0 spiro atoms. The molecule has 2 aliphatic rings. The monoisotopic (exact) mass is 535 g/mol. The van der Waals surface area contributed by atoms with Crippen molar-refractivity contribution in [1.82, 2.24) is 10.2 Å². The quantitative estimate of drug-likeness (QED) is 0.470. The highest BCUT2D eigenvalue weighted by atomic mass is 32.2. The summed E-state index contributed by atoms with van der Waals surface area (Å²) in [5, 5.41) is 2.98. The van der Waals surface area contributed by atoms with Crippen LogP contribution < -0.4 is 19.1 Å². The van der Waals surface area contributed by atoms with Crippen LogP contribution >= 0.6 is 0 Å². The van der Waals surface area contributed by atoms with Crippen LogP contribution in [0, 0.1) is 0 Å². The number of nitrogens with one attached hydrogen (secondary N) is 1. The summed E-state index contributed by atoms with van der Waals surface area (Å²) in [6.45, 7) is 3.25. The van der Waals surface area contributed by atoms with E-state index in [1.165, 1.54) is 48.4 Å². The average Bonchev–Trinajstić information content (AvgIpc) is 2.96. The van der Waals surface area contributed by atoms with E-state index in [0.29, 0.717) is 23.7 Å². The van der Waals surface area contributed by atoms with Crippen LogP contribution in [0.3, 0.4) is 0 Å². The maximum absolute atomic E-state index is 13.6. The maximum Gasteiger partial charge on any atom is 0.264 e. The first-order valence-electron chi connectivity index (χ1n) is 12.9. The second kappa shape index (κ2) is 11.4. The standard InChI is InChI=1S/C29H33N3O5S/c1-36-24-13-15-25(16-14-24)38(34,35)32-21-28(37-27-12-6-5-11-26(27)32)29(33)30-19-22-9-3-4-10-23(22)20-31-17-7-2-8-18-31/h3-6,9-16,28H,2,7-8,17-21H2,1H3,(H,30,33)/t28-/m1/s1. The lowest BCUT2D eigenvalue weighted by molar-refractivity contribution is -0.127. The Balaban J connectivity index is 1.32. The van der Waals surface area contributed by atoms with Crippen molar-refractivity contribution in [1.29, 1.82) is 0 Å². The van der Waals surface area contributed by atoms with Gasteiger partial charge in [0.05, 0.1) is 24.2 Å². The van der Waals surface area contributed by atoms with Crippen molar-refractivity contribution in [3.63, 3.8) is 0 Å². The number of piperidine rings is 1. The summed E-state index contributed by atoms with van der Waals surface area (Å²) in [6.07, 6.45) is 2.72. The molecular formula is C29H33N3O5S. The number of likely N-dealkylation sites (tertiary alicyclic amines) is 1. The smallest absolute Gasteiger partial charge is 0.264 e. The van der Waals surface area contributed by atoms with Crippen LogP contribution in [0.1, 0.15) is 30.4 Å². The Kier molecular flexibility index (Phi) is 7.85. The number of benzene rings is 3. The first kappa shape index (κ1) is 26.1. The highest BCUT2D eigenvalue weighted by Gasteiger charge is 2.37. The molecule has 0 saturated carbocycles. The zero-order valence-corrected chi connectivity index (χ0v) is 22.3. The molecule has 3 aromatic carbocycles. The Morgan fingerprint density at radius 3 is 2.37 bits per heavy atom. The van der Waals surface area contributed by atoms with Crippen LogP contribution in [-0.2, 0) is 27.9 Å². The van der Waals surface area contributed by atoms with Crippen molar-refractivity contribution in [3.8, 4) is 11.5 Å². The van der Waals surface area contributed by atoms with Gasteiger partial charge in [0.2, 0.25) is 0 Å². The number of methoxy groups -OCH3 is 1. The van der Waals surface area contributed by atoms with E-state index >= 15 is 0 Å². The minimum Gasteiger partial charge on any atom is -0.497 e. The van der Waals surface area contributed by atoms with E-state index < -0.39 is 16.1 Å². The van der Waals surface area contributed by atoms with E-state index in [1.807, 2.05) is 18.2 Å². The van der Waals surface area contributed by atoms with Crippen molar-refractivity contribution in [2.45, 2.75) is 43.4 Å². The molecule has 0 bridgehead atoms. The lowest BCUT2D eigenvalue weighted by Gasteiger charge is -2.34. The van der Waals surface area contributed by atoms with E-state index in [2.05, 4.69) is 16.3 Å². The Hall–Kier alpha value is -3.56. The average molecular weight is 536 g/mol. The Morgan fingerprint density at radius 2 is 1.63 bits per heavy atom. The van der Waals surface area contributed by atoms with Gasteiger partial charge in [-0.25, -0.2) is 8.42 Å². The summed E-state index contributed by atoms with van der Waals surface area (Å²) in [5.41, 5.74) is 2.64. The molecular weight excluding hydrogens is 502 g/mol. The number of ether oxygens (including phenoxy) is 2. The number of anilines is 1. The number of carbonyl (C=O) groups is 1. The number of hydrogen-bond acceptors (Lipinski definition) is 6. The summed E-state index contributed by atoms with van der Waals surface area (Å²) in [4.78, 5) is 15.9. The predicted molar refractivity (Wildman–Crippen MR) is 146 cm³/mol. The van der Waals surface area contributed by atoms with Gasteiger partial charge in [0.1, 0.15) is 11.5 Å². The van der Waals surface area contributed by atoms with E-state index in [1.54, 1.807) is 36.4 Å². The number of amides is 1. The lowest BCUT2D eigenvalue weighted by Crippen LogP contribution is -2.50. The van der Waals surface area contributed by atoms with Gasteiger partial charge in [-0.1, -0.05) is 42.8 Å². The molecule has 5 rings (SSSR count). The molecule has 9 heteroatoms. The van der Waals surface area contributed by atoms with Crippen LogP contribution in [0.15, 0.2) is 77.7 Å². The number of para-hydroxylation sites is 2. The third-order valence-electron chi connectivity index (χ3n) is 7.09. The third-order valence-corrected chi connectivity index (χ3v) is 8.88. The first-order valence-corrected chi connectivity index (χ1v) is 14.4. The summed E-state index contributed by atoms with van der Waals surface area (Å²) in [7, 11) is -2.42. The van der Waals surface area contributed by atoms with Gasteiger partial charge >= 0.3 is 0 Å². The van der Waals surface area contributed by atoms with Gasteiger partial charge < -0.3 is 14.8 Å². The number of hydrogen-bond donors (Lipinski definition) is 1. The molecule has 0 unspecified atom stereocenters. The van der Waals surface area contributed by atoms with E-state index in [-0.39, 0.29) is 17.3 Å². The van der Waals surface area contributed by atoms with Crippen LogP contribution in [0.4, 0.5) is 5.69 Å². The molecule has 2 aliphatic heterocycles. The summed E-state index contributed by atoms with van der Waals surface area (Å²) >= 11 is 0. The SMILES string of the molecule is COc1ccc(S(=O)(=O)N2C[C@H](C(=O)NCc3ccccc3CN3CCCCC3)Oc3ccccc32)cc1. The molecule has 38 heavy (non-hydrogen) atoms. The van der Waals surface area contributed by atoms with Gasteiger partial charge in [0, 0.05) is 13.1 Å². The molecule has 1 atom stereocenters. The Bertz CT molecular complexity index is 1370. The molecule has 0 radical (unpaired) electrons. The number of rotatable bonds is 8. The van der Waals surface area contributed by atoms with Crippen molar-refractivity contribution in [3.05, 3.63) is 83.9 Å². The van der Waals surface area contributed by atoms with Gasteiger partial charge in [-0.15, -0.1) is 0 Å². The number of carbonyl (C=O) groups excluding carboxylic acids is 1. The van der Waals surface area contributed by atoms with Gasteiger partial charge in [-0.05, 0) is 73.5 Å². The molecule has 1 N–H and O–H groups in total. The maximum atomic E-state index is 13.6. The lowest BCUT2D eigenvalue weighted by atomic mass is 10.0. The molecule has 1 saturated heterocycles. The van der Waals surface area contributed by atoms with Crippen molar-refractivity contribution in [2.75, 3.05) is 31.0 Å². The van der Waals surface area contributed by atoms with Gasteiger partial charge in [-0.3, -0.25) is 14.0 Å². The van der Waals surface area contributed by atoms with Crippen LogP contribution in [0.25, 0.3) is 0 Å². The second-order valence-electron chi connectivity index (χ2n) is 9.61. The summed E-state index contributed by atoms with van der Waals surface area (Å²) in [6, 6.07) is 21.2. The van der Waals surface area contributed by atoms with Crippen molar-refractivity contribution >= 4 is 21.6 Å². The molecule has 0 aliphatic carbocycles.